The summed E-state index contributed by atoms with van der Waals surface area (Å²) in [7, 11) is 3.11. The van der Waals surface area contributed by atoms with Crippen molar-refractivity contribution in [3.05, 3.63) is 78.6 Å². The Hall–Kier alpha value is -4.86. The van der Waals surface area contributed by atoms with E-state index in [1.807, 2.05) is 51.1 Å². The number of carbonyl (C=O) groups is 2. The van der Waals surface area contributed by atoms with Crippen LogP contribution in [0.2, 0.25) is 0 Å². The number of benzene rings is 2. The predicted molar refractivity (Wildman–Crippen MR) is 151 cm³/mol. The largest absolute Gasteiger partial charge is 0.493 e. The Kier molecular flexibility index (Phi) is 8.37. The highest BCUT2D eigenvalue weighted by Crippen LogP contribution is 2.38. The third kappa shape index (κ3) is 6.40. The van der Waals surface area contributed by atoms with Crippen molar-refractivity contribution >= 4 is 28.6 Å². The van der Waals surface area contributed by atoms with Gasteiger partial charge in [0, 0.05) is 23.7 Å². The van der Waals surface area contributed by atoms with Gasteiger partial charge in [0.05, 0.1) is 37.7 Å². The SMILES string of the molecule is COc1cc2nccc(Oc3ccc(NC(=O)CN(C(=O)O)C(c4ccccc4)C(C)(C)C)cn3)c2cc1OC. The highest BCUT2D eigenvalue weighted by atomic mass is 16.5. The van der Waals surface area contributed by atoms with Crippen LogP contribution in [-0.2, 0) is 4.79 Å². The minimum absolute atomic E-state index is 0.296. The Morgan fingerprint density at radius 1 is 0.950 bits per heavy atom. The summed E-state index contributed by atoms with van der Waals surface area (Å²) in [5, 5.41) is 13.4. The maximum absolute atomic E-state index is 12.9. The summed E-state index contributed by atoms with van der Waals surface area (Å²) >= 11 is 0. The molecule has 2 amide bonds. The first-order valence-electron chi connectivity index (χ1n) is 12.6. The van der Waals surface area contributed by atoms with Crippen molar-refractivity contribution in [1.82, 2.24) is 14.9 Å². The van der Waals surface area contributed by atoms with Gasteiger partial charge in [-0.2, -0.15) is 0 Å². The van der Waals surface area contributed by atoms with Crippen LogP contribution in [0.3, 0.4) is 0 Å². The second kappa shape index (κ2) is 11.9. The number of carbonyl (C=O) groups excluding carboxylic acids is 1. The van der Waals surface area contributed by atoms with Crippen LogP contribution in [0, 0.1) is 5.41 Å². The van der Waals surface area contributed by atoms with Gasteiger partial charge in [-0.05, 0) is 29.2 Å². The topological polar surface area (TPSA) is 123 Å². The number of fused-ring (bicyclic) bond motifs is 1. The fraction of sp³-hybridized carbons (Fsp3) is 0.267. The molecule has 0 aliphatic heterocycles. The number of rotatable bonds is 9. The molecule has 1 unspecified atom stereocenters. The third-order valence-corrected chi connectivity index (χ3v) is 6.25. The third-order valence-electron chi connectivity index (χ3n) is 6.25. The quantitative estimate of drug-likeness (QED) is 0.257. The second-order valence-electron chi connectivity index (χ2n) is 10.2. The molecule has 2 aromatic carbocycles. The van der Waals surface area contributed by atoms with E-state index in [1.165, 1.54) is 6.20 Å². The molecule has 2 N–H and O–H groups in total. The van der Waals surface area contributed by atoms with E-state index < -0.39 is 23.5 Å². The van der Waals surface area contributed by atoms with Crippen LogP contribution in [-0.4, -0.2) is 52.7 Å². The Bertz CT molecular complexity index is 1490. The van der Waals surface area contributed by atoms with Gasteiger partial charge in [0.15, 0.2) is 11.5 Å². The molecule has 0 saturated heterocycles. The zero-order chi connectivity index (χ0) is 28.9. The lowest BCUT2D eigenvalue weighted by molar-refractivity contribution is -0.118. The summed E-state index contributed by atoms with van der Waals surface area (Å²) in [4.78, 5) is 35.0. The van der Waals surface area contributed by atoms with Crippen LogP contribution >= 0.6 is 0 Å². The Morgan fingerprint density at radius 2 is 1.65 bits per heavy atom. The molecule has 4 rings (SSSR count). The minimum Gasteiger partial charge on any atom is -0.493 e. The Labute approximate surface area is 232 Å². The summed E-state index contributed by atoms with van der Waals surface area (Å²) in [6, 6.07) is 17.3. The van der Waals surface area contributed by atoms with E-state index in [2.05, 4.69) is 15.3 Å². The molecule has 0 aliphatic carbocycles. The number of carboxylic acid groups (broad SMARTS) is 1. The van der Waals surface area contributed by atoms with E-state index in [1.54, 1.807) is 50.7 Å². The van der Waals surface area contributed by atoms with Crippen LogP contribution in [0.15, 0.2) is 73.1 Å². The number of methoxy groups -OCH3 is 2. The average molecular weight is 545 g/mol. The summed E-state index contributed by atoms with van der Waals surface area (Å²) in [5.74, 6) is 1.42. The zero-order valence-electron chi connectivity index (χ0n) is 23.0. The smallest absolute Gasteiger partial charge is 0.408 e. The van der Waals surface area contributed by atoms with Crippen LogP contribution in [0.1, 0.15) is 32.4 Å². The maximum atomic E-state index is 12.9. The van der Waals surface area contributed by atoms with Gasteiger partial charge < -0.3 is 24.6 Å². The van der Waals surface area contributed by atoms with Gasteiger partial charge in [-0.15, -0.1) is 0 Å². The van der Waals surface area contributed by atoms with Gasteiger partial charge in [0.25, 0.3) is 0 Å². The molecule has 0 radical (unpaired) electrons. The number of ether oxygens (including phenoxy) is 3. The number of amides is 2. The van der Waals surface area contributed by atoms with E-state index in [9.17, 15) is 14.7 Å². The molecular formula is C30H32N4O6. The molecule has 1 atom stereocenters. The molecule has 2 heterocycles. The highest BCUT2D eigenvalue weighted by Gasteiger charge is 2.36. The number of nitrogens with zero attached hydrogens (tertiary/aromatic N) is 3. The summed E-state index contributed by atoms with van der Waals surface area (Å²) in [6.45, 7) is 5.48. The van der Waals surface area contributed by atoms with Gasteiger partial charge >= 0.3 is 6.09 Å². The molecule has 0 bridgehead atoms. The van der Waals surface area contributed by atoms with Crippen molar-refractivity contribution in [3.8, 4) is 23.1 Å². The average Bonchev–Trinajstić information content (AvgIpc) is 2.93. The van der Waals surface area contributed by atoms with Crippen LogP contribution in [0.25, 0.3) is 10.9 Å². The lowest BCUT2D eigenvalue weighted by Gasteiger charge is -2.38. The van der Waals surface area contributed by atoms with Crippen LogP contribution in [0.5, 0.6) is 23.1 Å². The Morgan fingerprint density at radius 3 is 2.25 bits per heavy atom. The van der Waals surface area contributed by atoms with Crippen molar-refractivity contribution in [1.29, 1.82) is 0 Å². The number of anilines is 1. The molecule has 10 nitrogen and oxygen atoms in total. The molecular weight excluding hydrogens is 512 g/mol. The van der Waals surface area contributed by atoms with E-state index in [-0.39, 0.29) is 6.54 Å². The molecule has 208 valence electrons. The molecule has 0 saturated carbocycles. The van der Waals surface area contributed by atoms with Crippen molar-refractivity contribution < 1.29 is 28.9 Å². The fourth-order valence-corrected chi connectivity index (χ4v) is 4.57. The molecule has 0 spiro atoms. The summed E-state index contributed by atoms with van der Waals surface area (Å²) in [6.07, 6.45) is 1.89. The molecule has 0 fully saturated rings. The summed E-state index contributed by atoms with van der Waals surface area (Å²) < 4.78 is 16.7. The number of hydrogen-bond acceptors (Lipinski definition) is 7. The van der Waals surface area contributed by atoms with Crippen molar-refractivity contribution in [3.63, 3.8) is 0 Å². The first-order valence-corrected chi connectivity index (χ1v) is 12.6. The van der Waals surface area contributed by atoms with Crippen LogP contribution in [0.4, 0.5) is 10.5 Å². The molecule has 4 aromatic rings. The standard InChI is InChI=1S/C30H32N4O6/c1-30(2,3)28(19-9-7-6-8-10-19)34(29(36)37)18-26(35)33-20-11-12-27(32-17-20)40-23-13-14-31-22-16-25(39-5)24(38-4)15-21(22)23/h6-17,28H,18H2,1-5H3,(H,33,35)(H,36,37). The monoisotopic (exact) mass is 544 g/mol. The Balaban J connectivity index is 1.48. The fourth-order valence-electron chi connectivity index (χ4n) is 4.57. The van der Waals surface area contributed by atoms with Gasteiger partial charge in [-0.1, -0.05) is 51.1 Å². The van der Waals surface area contributed by atoms with Crippen molar-refractivity contribution in [2.45, 2.75) is 26.8 Å². The highest BCUT2D eigenvalue weighted by molar-refractivity contribution is 5.93. The molecule has 10 heteroatoms. The minimum atomic E-state index is -1.18. The number of nitrogens with one attached hydrogen (secondary N) is 1. The van der Waals surface area contributed by atoms with Gasteiger partial charge in [0.2, 0.25) is 11.8 Å². The number of pyridine rings is 2. The first kappa shape index (κ1) is 28.2. The molecule has 40 heavy (non-hydrogen) atoms. The van der Waals surface area contributed by atoms with Gasteiger partial charge in [-0.3, -0.25) is 14.7 Å². The van der Waals surface area contributed by atoms with Crippen molar-refractivity contribution in [2.24, 2.45) is 5.41 Å². The lowest BCUT2D eigenvalue weighted by atomic mass is 9.81. The molecule has 0 aliphatic rings. The first-order chi connectivity index (χ1) is 19.1. The zero-order valence-corrected chi connectivity index (χ0v) is 23.0. The van der Waals surface area contributed by atoms with Crippen molar-refractivity contribution in [2.75, 3.05) is 26.1 Å². The van der Waals surface area contributed by atoms with E-state index >= 15 is 0 Å². The predicted octanol–water partition coefficient (Wildman–Crippen LogP) is 6.15. The van der Waals surface area contributed by atoms with Crippen LogP contribution < -0.4 is 19.5 Å². The van der Waals surface area contributed by atoms with E-state index in [0.717, 1.165) is 10.5 Å². The second-order valence-corrected chi connectivity index (χ2v) is 10.2. The van der Waals surface area contributed by atoms with E-state index in [0.29, 0.717) is 39.7 Å². The van der Waals surface area contributed by atoms with Gasteiger partial charge in [-0.25, -0.2) is 9.78 Å². The maximum Gasteiger partial charge on any atom is 0.408 e. The summed E-state index contributed by atoms with van der Waals surface area (Å²) in [5.41, 5.74) is 1.42. The number of aromatic nitrogens is 2. The number of hydrogen-bond donors (Lipinski definition) is 2. The van der Waals surface area contributed by atoms with Gasteiger partial charge in [0.1, 0.15) is 12.3 Å². The lowest BCUT2D eigenvalue weighted by Crippen LogP contribution is -2.44. The normalized spacial score (nSPS) is 11.9. The van der Waals surface area contributed by atoms with E-state index in [4.69, 9.17) is 14.2 Å². The molecule has 2 aromatic heterocycles.